The summed E-state index contributed by atoms with van der Waals surface area (Å²) in [5, 5.41) is 12.1. The van der Waals surface area contributed by atoms with E-state index in [-0.39, 0.29) is 23.6 Å². The van der Waals surface area contributed by atoms with Gasteiger partial charge in [0.05, 0.1) is 24.0 Å². The number of aliphatic imine (C=N–C) groups is 1. The quantitative estimate of drug-likeness (QED) is 0.749. The number of H-pyrrole nitrogens is 1. The van der Waals surface area contributed by atoms with Gasteiger partial charge in [-0.1, -0.05) is 0 Å². The zero-order chi connectivity index (χ0) is 15.8. The Kier molecular flexibility index (Phi) is 3.22. The first-order valence-corrected chi connectivity index (χ1v) is 7.57. The van der Waals surface area contributed by atoms with E-state index < -0.39 is 0 Å². The molecule has 0 aromatic carbocycles. The van der Waals surface area contributed by atoms with Crippen LogP contribution in [0.3, 0.4) is 0 Å². The van der Waals surface area contributed by atoms with E-state index in [0.717, 1.165) is 31.8 Å². The molecule has 1 saturated carbocycles. The SMILES string of the molecule is O=C(Nc1cn[nH]c1C(=O)NC1CC1)C1=CN2CCN=C2C=C1. The van der Waals surface area contributed by atoms with Crippen molar-refractivity contribution in [3.8, 4) is 0 Å². The first kappa shape index (κ1) is 13.7. The highest BCUT2D eigenvalue weighted by Crippen LogP contribution is 2.21. The van der Waals surface area contributed by atoms with Crippen molar-refractivity contribution in [3.63, 3.8) is 0 Å². The van der Waals surface area contributed by atoms with Gasteiger partial charge in [0, 0.05) is 18.8 Å². The zero-order valence-electron chi connectivity index (χ0n) is 12.4. The Morgan fingerprint density at radius 1 is 1.26 bits per heavy atom. The first-order chi connectivity index (χ1) is 11.2. The van der Waals surface area contributed by atoms with Crippen molar-refractivity contribution in [1.82, 2.24) is 20.4 Å². The molecule has 8 nitrogen and oxygen atoms in total. The maximum Gasteiger partial charge on any atom is 0.271 e. The topological polar surface area (TPSA) is 102 Å². The maximum atomic E-state index is 12.4. The summed E-state index contributed by atoms with van der Waals surface area (Å²) in [6.45, 7) is 1.51. The molecule has 0 spiro atoms. The predicted octanol–water partition coefficient (Wildman–Crippen LogP) is 0.408. The monoisotopic (exact) mass is 312 g/mol. The van der Waals surface area contributed by atoms with Crippen LogP contribution in [-0.2, 0) is 4.79 Å². The van der Waals surface area contributed by atoms with Crippen molar-refractivity contribution in [2.75, 3.05) is 18.4 Å². The molecule has 4 rings (SSSR count). The van der Waals surface area contributed by atoms with Crippen LogP contribution >= 0.6 is 0 Å². The maximum absolute atomic E-state index is 12.4. The number of nitrogens with zero attached hydrogens (tertiary/aromatic N) is 3. The van der Waals surface area contributed by atoms with E-state index in [1.165, 1.54) is 6.20 Å². The fourth-order valence-electron chi connectivity index (χ4n) is 2.50. The molecule has 3 heterocycles. The molecule has 3 aliphatic rings. The molecule has 3 N–H and O–H groups in total. The highest BCUT2D eigenvalue weighted by molar-refractivity contribution is 6.11. The van der Waals surface area contributed by atoms with Gasteiger partial charge in [-0.05, 0) is 25.0 Å². The molecule has 1 aromatic heterocycles. The smallest absolute Gasteiger partial charge is 0.271 e. The Labute approximate surface area is 132 Å². The number of aromatic nitrogens is 2. The lowest BCUT2D eigenvalue weighted by atomic mass is 10.2. The van der Waals surface area contributed by atoms with Crippen molar-refractivity contribution in [2.45, 2.75) is 18.9 Å². The van der Waals surface area contributed by atoms with Gasteiger partial charge in [0.2, 0.25) is 0 Å². The second-order valence-electron chi connectivity index (χ2n) is 5.71. The van der Waals surface area contributed by atoms with Gasteiger partial charge < -0.3 is 15.5 Å². The number of carbonyl (C=O) groups excluding carboxylic acids is 2. The Bertz CT molecular complexity index is 756. The molecule has 2 amide bonds. The number of rotatable bonds is 4. The van der Waals surface area contributed by atoms with Crippen LogP contribution in [0.5, 0.6) is 0 Å². The van der Waals surface area contributed by atoms with Crippen molar-refractivity contribution in [1.29, 1.82) is 0 Å². The number of fused-ring (bicyclic) bond motifs is 1. The van der Waals surface area contributed by atoms with Crippen LogP contribution in [0.2, 0.25) is 0 Å². The minimum atomic E-state index is -0.283. The third-order valence-corrected chi connectivity index (χ3v) is 3.91. The molecule has 23 heavy (non-hydrogen) atoms. The van der Waals surface area contributed by atoms with Gasteiger partial charge in [0.1, 0.15) is 11.5 Å². The van der Waals surface area contributed by atoms with Gasteiger partial charge in [-0.2, -0.15) is 5.10 Å². The second kappa shape index (κ2) is 5.38. The molecular weight excluding hydrogens is 296 g/mol. The second-order valence-corrected chi connectivity index (χ2v) is 5.71. The first-order valence-electron chi connectivity index (χ1n) is 7.57. The van der Waals surface area contributed by atoms with Crippen molar-refractivity contribution in [2.24, 2.45) is 4.99 Å². The Morgan fingerprint density at radius 3 is 2.96 bits per heavy atom. The number of amides is 2. The van der Waals surface area contributed by atoms with Crippen LogP contribution in [0, 0.1) is 0 Å². The summed E-state index contributed by atoms with van der Waals surface area (Å²) in [5.41, 5.74) is 1.16. The number of nitrogens with one attached hydrogen (secondary N) is 3. The molecule has 1 aromatic rings. The molecule has 1 aliphatic carbocycles. The van der Waals surface area contributed by atoms with Crippen LogP contribution in [0.1, 0.15) is 23.3 Å². The van der Waals surface area contributed by atoms with E-state index in [1.807, 2.05) is 11.0 Å². The third kappa shape index (κ3) is 2.75. The summed E-state index contributed by atoms with van der Waals surface area (Å²) >= 11 is 0. The van der Waals surface area contributed by atoms with Crippen LogP contribution < -0.4 is 10.6 Å². The van der Waals surface area contributed by atoms with Crippen LogP contribution in [0.4, 0.5) is 5.69 Å². The Morgan fingerprint density at radius 2 is 2.13 bits per heavy atom. The summed E-state index contributed by atoms with van der Waals surface area (Å²) in [7, 11) is 0. The van der Waals surface area contributed by atoms with Gasteiger partial charge in [-0.25, -0.2) is 0 Å². The van der Waals surface area contributed by atoms with E-state index in [0.29, 0.717) is 11.3 Å². The van der Waals surface area contributed by atoms with E-state index in [4.69, 9.17) is 0 Å². The fourth-order valence-corrected chi connectivity index (χ4v) is 2.50. The normalized spacial score (nSPS) is 19.0. The number of anilines is 1. The number of hydrogen-bond donors (Lipinski definition) is 3. The molecule has 0 bridgehead atoms. The van der Waals surface area contributed by atoms with Gasteiger partial charge >= 0.3 is 0 Å². The predicted molar refractivity (Wildman–Crippen MR) is 83.9 cm³/mol. The zero-order valence-corrected chi connectivity index (χ0v) is 12.4. The lowest BCUT2D eigenvalue weighted by Crippen LogP contribution is -2.28. The van der Waals surface area contributed by atoms with Gasteiger partial charge in [0.15, 0.2) is 0 Å². The van der Waals surface area contributed by atoms with Crippen LogP contribution in [0.15, 0.2) is 35.1 Å². The molecular formula is C15H16N6O2. The molecule has 0 atom stereocenters. The largest absolute Gasteiger partial charge is 0.348 e. The molecule has 0 unspecified atom stereocenters. The van der Waals surface area contributed by atoms with Gasteiger partial charge in [0.25, 0.3) is 11.8 Å². The molecule has 0 radical (unpaired) electrons. The van der Waals surface area contributed by atoms with Gasteiger partial charge in [-0.15, -0.1) is 0 Å². The average Bonchev–Trinajstić information content (AvgIpc) is 3.05. The highest BCUT2D eigenvalue weighted by atomic mass is 16.2. The lowest BCUT2D eigenvalue weighted by Gasteiger charge is -2.18. The van der Waals surface area contributed by atoms with E-state index in [9.17, 15) is 9.59 Å². The third-order valence-electron chi connectivity index (χ3n) is 3.91. The van der Waals surface area contributed by atoms with Crippen LogP contribution in [0.25, 0.3) is 0 Å². The molecule has 1 fully saturated rings. The molecule has 0 saturated heterocycles. The fraction of sp³-hybridized carbons (Fsp3) is 0.333. The number of aromatic amines is 1. The summed E-state index contributed by atoms with van der Waals surface area (Å²) in [4.78, 5) is 30.7. The van der Waals surface area contributed by atoms with E-state index >= 15 is 0 Å². The highest BCUT2D eigenvalue weighted by Gasteiger charge is 2.26. The standard InChI is InChI=1S/C15H16N6O2/c22-14(9-1-4-12-16-5-6-21(12)8-9)19-11-7-17-20-13(11)15(23)18-10-2-3-10/h1,4,7-8,10H,2-3,5-6H2,(H,17,20)(H,18,23)(H,19,22). The Balaban J connectivity index is 1.47. The molecule has 2 aliphatic heterocycles. The number of amidine groups is 1. The minimum Gasteiger partial charge on any atom is -0.348 e. The minimum absolute atomic E-state index is 0.242. The van der Waals surface area contributed by atoms with E-state index in [1.54, 1.807) is 12.3 Å². The number of hydrogen-bond acceptors (Lipinski definition) is 5. The van der Waals surface area contributed by atoms with Crippen LogP contribution in [-0.4, -0.2) is 51.9 Å². The summed E-state index contributed by atoms with van der Waals surface area (Å²) < 4.78 is 0. The average molecular weight is 312 g/mol. The lowest BCUT2D eigenvalue weighted by molar-refractivity contribution is -0.112. The molecule has 8 heteroatoms. The van der Waals surface area contributed by atoms with Crippen molar-refractivity contribution >= 4 is 23.3 Å². The summed E-state index contributed by atoms with van der Waals surface area (Å²) in [5.74, 6) is 0.339. The Hall–Kier alpha value is -2.90. The molecule has 118 valence electrons. The summed E-state index contributed by atoms with van der Waals surface area (Å²) in [6, 6.07) is 0.242. The summed E-state index contributed by atoms with van der Waals surface area (Å²) in [6.07, 6.45) is 8.75. The van der Waals surface area contributed by atoms with Crippen molar-refractivity contribution in [3.05, 3.63) is 35.8 Å². The van der Waals surface area contributed by atoms with Gasteiger partial charge in [-0.3, -0.25) is 19.7 Å². The van der Waals surface area contributed by atoms with E-state index in [2.05, 4.69) is 25.8 Å². The number of carbonyl (C=O) groups is 2. The van der Waals surface area contributed by atoms with Crippen molar-refractivity contribution < 1.29 is 9.59 Å².